The molecule has 0 aromatic heterocycles. The number of carbonyl (C=O) groups is 2. The summed E-state index contributed by atoms with van der Waals surface area (Å²) in [7, 11) is -3.03. The number of halogens is 3. The molecule has 2 aromatic rings. The molecule has 1 heterocycles. The van der Waals surface area contributed by atoms with Crippen molar-refractivity contribution in [1.29, 1.82) is 0 Å². The monoisotopic (exact) mass is 443 g/mol. The largest absolute Gasteiger partial charge is 0.496 e. The zero-order valence-corrected chi connectivity index (χ0v) is 16.4. The van der Waals surface area contributed by atoms with Crippen molar-refractivity contribution in [3.8, 4) is 5.75 Å². The molecule has 1 aliphatic rings. The third-order valence-corrected chi connectivity index (χ3v) is 5.89. The molecule has 0 radical (unpaired) electrons. The lowest BCUT2D eigenvalue weighted by molar-refractivity contribution is -0.137. The lowest BCUT2D eigenvalue weighted by atomic mass is 9.91. The maximum atomic E-state index is 12.9. The van der Waals surface area contributed by atoms with Crippen LogP contribution < -0.4 is 20.1 Å². The van der Waals surface area contributed by atoms with E-state index in [1.807, 2.05) is 0 Å². The Kier molecular flexibility index (Phi) is 5.14. The molecule has 1 saturated heterocycles. The van der Waals surface area contributed by atoms with Gasteiger partial charge in [0.15, 0.2) is 0 Å². The van der Waals surface area contributed by atoms with Gasteiger partial charge in [0.2, 0.25) is 0 Å². The van der Waals surface area contributed by atoms with E-state index in [-0.39, 0.29) is 21.9 Å². The van der Waals surface area contributed by atoms with Crippen molar-refractivity contribution in [3.63, 3.8) is 0 Å². The van der Waals surface area contributed by atoms with Crippen molar-refractivity contribution in [2.24, 2.45) is 0 Å². The van der Waals surface area contributed by atoms with E-state index in [2.05, 4.69) is 15.4 Å². The number of benzene rings is 2. The summed E-state index contributed by atoms with van der Waals surface area (Å²) in [6.07, 6.45) is -4.64. The first-order valence-electron chi connectivity index (χ1n) is 8.39. The molecule has 0 aliphatic carbocycles. The number of carbonyl (C=O) groups excluding carboxylic acids is 2. The summed E-state index contributed by atoms with van der Waals surface area (Å²) in [5.41, 5.74) is -2.86. The van der Waals surface area contributed by atoms with E-state index in [1.165, 1.54) is 26.2 Å². The van der Waals surface area contributed by atoms with Crippen molar-refractivity contribution >= 4 is 27.6 Å². The van der Waals surface area contributed by atoms with Gasteiger partial charge in [-0.15, -0.1) is 0 Å². The van der Waals surface area contributed by atoms with Crippen molar-refractivity contribution in [2.75, 3.05) is 11.8 Å². The second kappa shape index (κ2) is 7.20. The number of alkyl halides is 3. The van der Waals surface area contributed by atoms with Crippen LogP contribution in [0.1, 0.15) is 18.1 Å². The summed E-state index contributed by atoms with van der Waals surface area (Å²) in [4.78, 5) is 23.5. The van der Waals surface area contributed by atoms with Crippen LogP contribution in [-0.2, 0) is 26.5 Å². The van der Waals surface area contributed by atoms with Crippen LogP contribution in [0.5, 0.6) is 5.75 Å². The molecule has 0 bridgehead atoms. The van der Waals surface area contributed by atoms with E-state index in [1.54, 1.807) is 0 Å². The lowest BCUT2D eigenvalue weighted by Crippen LogP contribution is -2.41. The molecule has 2 aromatic carbocycles. The van der Waals surface area contributed by atoms with Crippen LogP contribution in [0.3, 0.4) is 0 Å². The number of rotatable bonds is 5. The van der Waals surface area contributed by atoms with Crippen LogP contribution in [-0.4, -0.2) is 27.5 Å². The molecule has 30 heavy (non-hydrogen) atoms. The maximum Gasteiger partial charge on any atom is 0.416 e. The van der Waals surface area contributed by atoms with E-state index < -0.39 is 39.2 Å². The van der Waals surface area contributed by atoms with E-state index in [0.717, 1.165) is 24.3 Å². The fraction of sp³-hybridized carbons (Fsp3) is 0.222. The number of sulfonamides is 1. The Morgan fingerprint density at radius 3 is 2.37 bits per heavy atom. The molecule has 160 valence electrons. The quantitative estimate of drug-likeness (QED) is 0.615. The number of anilines is 1. The number of methoxy groups -OCH3 is 1. The Balaban J connectivity index is 2.02. The van der Waals surface area contributed by atoms with Gasteiger partial charge in [0, 0.05) is 11.3 Å². The number of urea groups is 1. The number of hydrogen-bond acceptors (Lipinski definition) is 5. The summed E-state index contributed by atoms with van der Waals surface area (Å²) < 4.78 is 71.4. The Labute approximate surface area is 169 Å². The van der Waals surface area contributed by atoms with Gasteiger partial charge in [-0.05, 0) is 43.3 Å². The number of ether oxygens (including phenoxy) is 1. The summed E-state index contributed by atoms with van der Waals surface area (Å²) in [5, 5.41) is 4.46. The second-order valence-electron chi connectivity index (χ2n) is 6.58. The third-order valence-electron chi connectivity index (χ3n) is 4.51. The third kappa shape index (κ3) is 3.90. The fourth-order valence-corrected chi connectivity index (χ4v) is 4.03. The van der Waals surface area contributed by atoms with Crippen LogP contribution in [0.2, 0.25) is 0 Å². The van der Waals surface area contributed by atoms with Gasteiger partial charge in [-0.25, -0.2) is 13.2 Å². The molecule has 3 N–H and O–H groups in total. The molecule has 3 rings (SSSR count). The Morgan fingerprint density at radius 2 is 1.80 bits per heavy atom. The minimum absolute atomic E-state index is 0.0558. The number of amides is 3. The molecule has 8 nitrogen and oxygen atoms in total. The van der Waals surface area contributed by atoms with Gasteiger partial charge in [0.1, 0.15) is 11.3 Å². The standard InChI is InChI=1S/C18H16F3N3O5S/c1-17(15(25)22-16(26)23-17)13-9-12(6-7-14(13)29-2)30(27,28)24-11-5-3-4-10(8-11)18(19,20)21/h3-9,24H,1-2H3,(H2,22,23,25,26)/t17-/m0/s1. The first-order valence-corrected chi connectivity index (χ1v) is 9.87. The van der Waals surface area contributed by atoms with Crippen molar-refractivity contribution < 1.29 is 35.9 Å². The summed E-state index contributed by atoms with van der Waals surface area (Å²) in [6, 6.07) is 6.50. The van der Waals surface area contributed by atoms with Crippen LogP contribution >= 0.6 is 0 Å². The molecule has 1 atom stereocenters. The van der Waals surface area contributed by atoms with Gasteiger partial charge >= 0.3 is 12.2 Å². The van der Waals surface area contributed by atoms with Gasteiger partial charge in [-0.3, -0.25) is 14.8 Å². The highest BCUT2D eigenvalue weighted by Crippen LogP contribution is 2.35. The maximum absolute atomic E-state index is 12.9. The average molecular weight is 443 g/mol. The highest BCUT2D eigenvalue weighted by atomic mass is 32.2. The van der Waals surface area contributed by atoms with Crippen LogP contribution in [0.15, 0.2) is 47.4 Å². The predicted molar refractivity (Wildman–Crippen MR) is 99.3 cm³/mol. The molecule has 0 spiro atoms. The molecule has 1 aliphatic heterocycles. The van der Waals surface area contributed by atoms with Crippen LogP contribution in [0.25, 0.3) is 0 Å². The zero-order chi connectivity index (χ0) is 22.3. The van der Waals surface area contributed by atoms with E-state index in [0.29, 0.717) is 6.07 Å². The zero-order valence-electron chi connectivity index (χ0n) is 15.6. The topological polar surface area (TPSA) is 114 Å². The molecule has 0 saturated carbocycles. The minimum atomic E-state index is -4.64. The number of nitrogens with one attached hydrogen (secondary N) is 3. The van der Waals surface area contributed by atoms with Crippen LogP contribution in [0.4, 0.5) is 23.7 Å². The number of imide groups is 1. The molecule has 0 unspecified atom stereocenters. The van der Waals surface area contributed by atoms with Gasteiger partial charge < -0.3 is 10.1 Å². The van der Waals surface area contributed by atoms with Crippen molar-refractivity contribution in [2.45, 2.75) is 23.5 Å². The molecule has 3 amide bonds. The minimum Gasteiger partial charge on any atom is -0.496 e. The first-order chi connectivity index (χ1) is 13.9. The lowest BCUT2D eigenvalue weighted by Gasteiger charge is -2.24. The van der Waals surface area contributed by atoms with Crippen molar-refractivity contribution in [1.82, 2.24) is 10.6 Å². The summed E-state index contributed by atoms with van der Waals surface area (Å²) in [6.45, 7) is 1.36. The van der Waals surface area contributed by atoms with E-state index in [9.17, 15) is 31.2 Å². The molecular weight excluding hydrogens is 427 g/mol. The highest BCUT2D eigenvalue weighted by Gasteiger charge is 2.45. The van der Waals surface area contributed by atoms with Gasteiger partial charge in [-0.2, -0.15) is 13.2 Å². The van der Waals surface area contributed by atoms with Gasteiger partial charge in [-0.1, -0.05) is 6.07 Å². The smallest absolute Gasteiger partial charge is 0.416 e. The molecule has 12 heteroatoms. The summed E-state index contributed by atoms with van der Waals surface area (Å²) >= 11 is 0. The van der Waals surface area contributed by atoms with Crippen molar-refractivity contribution in [3.05, 3.63) is 53.6 Å². The van der Waals surface area contributed by atoms with Gasteiger partial charge in [0.05, 0.1) is 17.6 Å². The SMILES string of the molecule is COc1ccc(S(=O)(=O)Nc2cccc(C(F)(F)F)c2)cc1[C@]1(C)NC(=O)NC1=O. The highest BCUT2D eigenvalue weighted by molar-refractivity contribution is 7.92. The average Bonchev–Trinajstić information content (AvgIpc) is 2.93. The Bertz CT molecular complexity index is 1130. The summed E-state index contributed by atoms with van der Waals surface area (Å²) in [5.74, 6) is -0.584. The second-order valence-corrected chi connectivity index (χ2v) is 8.26. The fourth-order valence-electron chi connectivity index (χ4n) is 2.95. The molecule has 1 fully saturated rings. The Morgan fingerprint density at radius 1 is 1.10 bits per heavy atom. The van der Waals surface area contributed by atoms with Gasteiger partial charge in [0.25, 0.3) is 15.9 Å². The number of hydrogen-bond donors (Lipinski definition) is 3. The Hall–Kier alpha value is -3.28. The van der Waals surface area contributed by atoms with Crippen LogP contribution in [0, 0.1) is 0 Å². The van der Waals surface area contributed by atoms with E-state index >= 15 is 0 Å². The molecular formula is C18H16F3N3O5S. The normalized spacial score (nSPS) is 19.2. The van der Waals surface area contributed by atoms with E-state index in [4.69, 9.17) is 4.74 Å². The predicted octanol–water partition coefficient (Wildman–Crippen LogP) is 2.57. The first kappa shape index (κ1) is 21.4.